The zero-order valence-corrected chi connectivity index (χ0v) is 10.2. The lowest BCUT2D eigenvalue weighted by molar-refractivity contribution is 0.0917. The third-order valence-electron chi connectivity index (χ3n) is 4.37. The summed E-state index contributed by atoms with van der Waals surface area (Å²) in [5, 5.41) is 2.97. The fourth-order valence-corrected chi connectivity index (χ4v) is 3.53. The highest BCUT2D eigenvalue weighted by atomic mass is 19.1. The number of fused-ring (bicyclic) bond motifs is 1. The van der Waals surface area contributed by atoms with Crippen LogP contribution in [0.1, 0.15) is 42.6 Å². The molecule has 0 bridgehead atoms. The number of pyridine rings is 1. The van der Waals surface area contributed by atoms with Gasteiger partial charge in [-0.2, -0.15) is 0 Å². The molecule has 2 fully saturated rings. The normalized spacial score (nSPS) is 30.2. The van der Waals surface area contributed by atoms with Gasteiger partial charge in [-0.05, 0) is 43.2 Å². The van der Waals surface area contributed by atoms with E-state index >= 15 is 0 Å². The summed E-state index contributed by atoms with van der Waals surface area (Å²) in [5.74, 6) is 0.450. The van der Waals surface area contributed by atoms with Crippen molar-refractivity contribution < 1.29 is 9.18 Å². The van der Waals surface area contributed by atoms with Gasteiger partial charge in [0.15, 0.2) is 11.5 Å². The molecule has 0 aliphatic heterocycles. The molecule has 2 aliphatic carbocycles. The summed E-state index contributed by atoms with van der Waals surface area (Å²) in [4.78, 5) is 15.8. The Morgan fingerprint density at radius 3 is 3.06 bits per heavy atom. The van der Waals surface area contributed by atoms with E-state index in [1.54, 1.807) is 0 Å². The van der Waals surface area contributed by atoms with Gasteiger partial charge in [0.1, 0.15) is 0 Å². The van der Waals surface area contributed by atoms with Gasteiger partial charge in [-0.25, -0.2) is 9.37 Å². The lowest BCUT2D eigenvalue weighted by Crippen LogP contribution is -2.38. The van der Waals surface area contributed by atoms with Crippen molar-refractivity contribution in [2.24, 2.45) is 11.8 Å². The average Bonchev–Trinajstić information content (AvgIpc) is 2.94. The fourth-order valence-electron chi connectivity index (χ4n) is 3.53. The molecule has 1 heterocycles. The zero-order valence-electron chi connectivity index (χ0n) is 10.2. The van der Waals surface area contributed by atoms with E-state index in [9.17, 15) is 9.18 Å². The smallest absolute Gasteiger partial charge is 0.273 e. The van der Waals surface area contributed by atoms with Crippen LogP contribution in [0.4, 0.5) is 4.39 Å². The first-order valence-corrected chi connectivity index (χ1v) is 6.67. The standard InChI is InChI=1S/C14H17FN2O/c15-11-5-2-8-16-13(11)14(18)17-12-7-6-9-3-1-4-10(9)12/h2,5,8-10,12H,1,3-4,6-7H2,(H,17,18)/t9-,10-,12-/m1/s1. The second-order valence-corrected chi connectivity index (χ2v) is 5.35. The minimum atomic E-state index is -0.545. The van der Waals surface area contributed by atoms with Gasteiger partial charge in [-0.15, -0.1) is 0 Å². The molecule has 1 aromatic rings. The molecule has 3 nitrogen and oxygen atoms in total. The van der Waals surface area contributed by atoms with E-state index in [-0.39, 0.29) is 17.6 Å². The minimum Gasteiger partial charge on any atom is -0.348 e. The first-order valence-electron chi connectivity index (χ1n) is 6.67. The molecule has 2 saturated carbocycles. The monoisotopic (exact) mass is 248 g/mol. The number of nitrogens with zero attached hydrogens (tertiary/aromatic N) is 1. The third kappa shape index (κ3) is 2.00. The van der Waals surface area contributed by atoms with Crippen LogP contribution in [0.5, 0.6) is 0 Å². The van der Waals surface area contributed by atoms with Crippen LogP contribution >= 0.6 is 0 Å². The Morgan fingerprint density at radius 2 is 2.22 bits per heavy atom. The van der Waals surface area contributed by atoms with E-state index in [0.717, 1.165) is 12.3 Å². The fraction of sp³-hybridized carbons (Fsp3) is 0.571. The highest BCUT2D eigenvalue weighted by Gasteiger charge is 2.39. The summed E-state index contributed by atoms with van der Waals surface area (Å²) < 4.78 is 13.5. The third-order valence-corrected chi connectivity index (χ3v) is 4.37. The van der Waals surface area contributed by atoms with Crippen LogP contribution in [-0.4, -0.2) is 16.9 Å². The molecule has 4 heteroatoms. The topological polar surface area (TPSA) is 42.0 Å². The highest BCUT2D eigenvalue weighted by Crippen LogP contribution is 2.43. The van der Waals surface area contributed by atoms with Crippen molar-refractivity contribution in [2.75, 3.05) is 0 Å². The van der Waals surface area contributed by atoms with Gasteiger partial charge in [-0.3, -0.25) is 4.79 Å². The van der Waals surface area contributed by atoms with Crippen LogP contribution in [-0.2, 0) is 0 Å². The number of rotatable bonds is 2. The zero-order chi connectivity index (χ0) is 12.5. The van der Waals surface area contributed by atoms with Crippen LogP contribution in [0.3, 0.4) is 0 Å². The van der Waals surface area contributed by atoms with Gasteiger partial charge in [0.05, 0.1) is 0 Å². The van der Waals surface area contributed by atoms with Gasteiger partial charge < -0.3 is 5.32 Å². The highest BCUT2D eigenvalue weighted by molar-refractivity contribution is 5.92. The molecule has 1 amide bonds. The Bertz CT molecular complexity index is 463. The largest absolute Gasteiger partial charge is 0.348 e. The van der Waals surface area contributed by atoms with Crippen molar-refractivity contribution in [1.29, 1.82) is 0 Å². The molecule has 0 radical (unpaired) electrons. The molecular formula is C14H17FN2O. The van der Waals surface area contributed by atoms with Gasteiger partial charge in [-0.1, -0.05) is 12.8 Å². The SMILES string of the molecule is O=C(N[C@@H]1CC[C@H]2CCC[C@H]21)c1ncccc1F. The van der Waals surface area contributed by atoms with Crippen LogP contribution in [0.2, 0.25) is 0 Å². The van der Waals surface area contributed by atoms with E-state index in [0.29, 0.717) is 5.92 Å². The molecule has 18 heavy (non-hydrogen) atoms. The summed E-state index contributed by atoms with van der Waals surface area (Å²) in [6.45, 7) is 0. The summed E-state index contributed by atoms with van der Waals surface area (Å²) in [7, 11) is 0. The Hall–Kier alpha value is -1.45. The number of carbonyl (C=O) groups is 1. The molecule has 0 unspecified atom stereocenters. The van der Waals surface area contributed by atoms with E-state index in [4.69, 9.17) is 0 Å². The minimum absolute atomic E-state index is 0.0843. The lowest BCUT2D eigenvalue weighted by Gasteiger charge is -2.19. The summed E-state index contributed by atoms with van der Waals surface area (Å²) >= 11 is 0. The first-order chi connectivity index (χ1) is 8.75. The van der Waals surface area contributed by atoms with E-state index in [2.05, 4.69) is 10.3 Å². The molecule has 1 aromatic heterocycles. The summed E-state index contributed by atoms with van der Waals surface area (Å²) in [5.41, 5.74) is -0.0843. The quantitative estimate of drug-likeness (QED) is 0.873. The second kappa shape index (κ2) is 4.67. The van der Waals surface area contributed by atoms with Crippen molar-refractivity contribution in [3.05, 3.63) is 29.8 Å². The predicted molar refractivity (Wildman–Crippen MR) is 65.5 cm³/mol. The Kier molecular flexibility index (Phi) is 3.02. The molecular weight excluding hydrogens is 231 g/mol. The molecule has 1 N–H and O–H groups in total. The maximum atomic E-state index is 13.5. The second-order valence-electron chi connectivity index (χ2n) is 5.35. The van der Waals surface area contributed by atoms with E-state index in [1.165, 1.54) is 44.0 Å². The number of hydrogen-bond acceptors (Lipinski definition) is 2. The summed E-state index contributed by atoms with van der Waals surface area (Å²) in [6, 6.07) is 2.98. The van der Waals surface area contributed by atoms with Gasteiger partial charge in [0, 0.05) is 12.2 Å². The van der Waals surface area contributed by atoms with E-state index < -0.39 is 5.82 Å². The van der Waals surface area contributed by atoms with Crippen LogP contribution in [0, 0.1) is 17.7 Å². The number of halogens is 1. The van der Waals surface area contributed by atoms with Crippen molar-refractivity contribution in [3.63, 3.8) is 0 Å². The molecule has 0 saturated heterocycles. The lowest BCUT2D eigenvalue weighted by atomic mass is 9.97. The molecule has 3 atom stereocenters. The molecule has 0 aromatic carbocycles. The number of aromatic nitrogens is 1. The molecule has 2 aliphatic rings. The molecule has 0 spiro atoms. The first kappa shape index (κ1) is 11.6. The van der Waals surface area contributed by atoms with Gasteiger partial charge >= 0.3 is 0 Å². The van der Waals surface area contributed by atoms with Gasteiger partial charge in [0.2, 0.25) is 0 Å². The Morgan fingerprint density at radius 1 is 1.33 bits per heavy atom. The maximum absolute atomic E-state index is 13.5. The number of hydrogen-bond donors (Lipinski definition) is 1. The van der Waals surface area contributed by atoms with Crippen LogP contribution in [0.25, 0.3) is 0 Å². The average molecular weight is 248 g/mol. The van der Waals surface area contributed by atoms with Crippen LogP contribution < -0.4 is 5.32 Å². The molecule has 96 valence electrons. The van der Waals surface area contributed by atoms with E-state index in [1.807, 2.05) is 0 Å². The van der Waals surface area contributed by atoms with Crippen molar-refractivity contribution >= 4 is 5.91 Å². The van der Waals surface area contributed by atoms with Crippen molar-refractivity contribution in [2.45, 2.75) is 38.1 Å². The predicted octanol–water partition coefficient (Wildman–Crippen LogP) is 2.53. The van der Waals surface area contributed by atoms with Crippen LogP contribution in [0.15, 0.2) is 18.3 Å². The number of nitrogens with one attached hydrogen (secondary N) is 1. The van der Waals surface area contributed by atoms with Crippen molar-refractivity contribution in [1.82, 2.24) is 10.3 Å². The Labute approximate surface area is 106 Å². The molecule has 3 rings (SSSR count). The van der Waals surface area contributed by atoms with Gasteiger partial charge in [0.25, 0.3) is 5.91 Å². The number of carbonyl (C=O) groups excluding carboxylic acids is 1. The van der Waals surface area contributed by atoms with Crippen molar-refractivity contribution in [3.8, 4) is 0 Å². The summed E-state index contributed by atoms with van der Waals surface area (Å²) in [6.07, 6.45) is 7.41. The Balaban J connectivity index is 1.70. The number of amides is 1. The maximum Gasteiger partial charge on any atom is 0.273 e.